The third-order valence-electron chi connectivity index (χ3n) is 5.91. The van der Waals surface area contributed by atoms with Crippen LogP contribution in [0.2, 0.25) is 0 Å². The van der Waals surface area contributed by atoms with Gasteiger partial charge in [0.05, 0.1) is 26.4 Å². The molecule has 0 bridgehead atoms. The molecule has 1 aliphatic carbocycles. The van der Waals surface area contributed by atoms with E-state index >= 15 is 0 Å². The number of allylic oxidation sites excluding steroid dienone is 3. The number of Topliss-reactive ketones (excluding diaryl/α,β-unsaturated/α-hetero) is 1. The van der Waals surface area contributed by atoms with Gasteiger partial charge < -0.3 is 24.3 Å². The number of rotatable bonds is 7. The highest BCUT2D eigenvalue weighted by Gasteiger charge is 2.47. The van der Waals surface area contributed by atoms with Crippen LogP contribution in [0.5, 0.6) is 5.75 Å². The fourth-order valence-electron chi connectivity index (χ4n) is 4.40. The molecule has 8 heteroatoms. The monoisotopic (exact) mass is 443 g/mol. The van der Waals surface area contributed by atoms with Crippen molar-refractivity contribution in [2.75, 3.05) is 34.5 Å². The second kappa shape index (κ2) is 9.99. The maximum absolute atomic E-state index is 13.6. The lowest BCUT2D eigenvalue weighted by Crippen LogP contribution is -2.43. The molecule has 1 aliphatic heterocycles. The summed E-state index contributed by atoms with van der Waals surface area (Å²) in [6.45, 7) is 3.97. The zero-order valence-electron chi connectivity index (χ0n) is 19.0. The number of hydrogen-bond acceptors (Lipinski definition) is 8. The molecule has 3 atom stereocenters. The number of carbonyl (C=O) groups excluding carboxylic acids is 3. The van der Waals surface area contributed by atoms with Crippen LogP contribution in [0.15, 0.2) is 46.8 Å². The Labute approximate surface area is 187 Å². The van der Waals surface area contributed by atoms with E-state index in [9.17, 15) is 14.4 Å². The standard InChI is InChI=1S/C24H29NO7/c1-13-11-17-21(22(26)18(13)23(27)31-5)20(15-7-6-8-16(12-15)30-4)19(14(2)25-17)24(28)32-10-9-29-3/h6-8,12-13,18,20,25H,9-11H2,1-5H3/t13-,18+,20+/m0/s1. The van der Waals surface area contributed by atoms with Gasteiger partial charge in [-0.05, 0) is 37.0 Å². The van der Waals surface area contributed by atoms with E-state index in [0.29, 0.717) is 40.3 Å². The minimum absolute atomic E-state index is 0.0820. The molecular weight excluding hydrogens is 414 g/mol. The van der Waals surface area contributed by atoms with Gasteiger partial charge in [-0.1, -0.05) is 19.1 Å². The number of ether oxygens (including phenoxy) is 4. The number of dihydropyridines is 1. The minimum atomic E-state index is -0.933. The number of esters is 2. The summed E-state index contributed by atoms with van der Waals surface area (Å²) in [5, 5.41) is 3.23. The number of methoxy groups -OCH3 is 3. The number of nitrogens with one attached hydrogen (secondary N) is 1. The number of hydrogen-bond donors (Lipinski definition) is 1. The Morgan fingerprint density at radius 2 is 1.91 bits per heavy atom. The van der Waals surface area contributed by atoms with Crippen LogP contribution in [0.1, 0.15) is 31.7 Å². The number of carbonyl (C=O) groups is 3. The van der Waals surface area contributed by atoms with Gasteiger partial charge in [-0.25, -0.2) is 4.79 Å². The zero-order valence-corrected chi connectivity index (χ0v) is 19.0. The van der Waals surface area contributed by atoms with Gasteiger partial charge in [0, 0.05) is 30.0 Å². The molecule has 1 aromatic rings. The van der Waals surface area contributed by atoms with Crippen molar-refractivity contribution < 1.29 is 33.3 Å². The van der Waals surface area contributed by atoms with Crippen LogP contribution in [-0.4, -0.2) is 52.3 Å². The second-order valence-electron chi connectivity index (χ2n) is 7.94. The van der Waals surface area contributed by atoms with E-state index in [0.717, 1.165) is 0 Å². The Morgan fingerprint density at radius 3 is 2.56 bits per heavy atom. The van der Waals surface area contributed by atoms with Crippen molar-refractivity contribution in [1.82, 2.24) is 5.32 Å². The Bertz CT molecular complexity index is 978. The van der Waals surface area contributed by atoms with E-state index in [4.69, 9.17) is 18.9 Å². The predicted molar refractivity (Wildman–Crippen MR) is 116 cm³/mol. The number of ketones is 1. The van der Waals surface area contributed by atoms with Gasteiger partial charge in [-0.2, -0.15) is 0 Å². The van der Waals surface area contributed by atoms with Crippen molar-refractivity contribution >= 4 is 17.7 Å². The summed E-state index contributed by atoms with van der Waals surface area (Å²) in [7, 11) is 4.34. The van der Waals surface area contributed by atoms with Crippen LogP contribution in [-0.2, 0) is 28.6 Å². The van der Waals surface area contributed by atoms with E-state index < -0.39 is 23.8 Å². The van der Waals surface area contributed by atoms with Gasteiger partial charge in [0.15, 0.2) is 5.78 Å². The first-order valence-corrected chi connectivity index (χ1v) is 10.5. The summed E-state index contributed by atoms with van der Waals surface area (Å²) in [6.07, 6.45) is 0.477. The van der Waals surface area contributed by atoms with Crippen molar-refractivity contribution in [2.24, 2.45) is 11.8 Å². The highest BCUT2D eigenvalue weighted by atomic mass is 16.6. The van der Waals surface area contributed by atoms with Gasteiger partial charge >= 0.3 is 11.9 Å². The van der Waals surface area contributed by atoms with Gasteiger partial charge in [0.1, 0.15) is 18.3 Å². The Balaban J connectivity index is 2.13. The SMILES string of the molecule is COCCOC(=O)C1=C(C)NC2=C(C(=O)[C@H](C(=O)OC)[C@@H](C)C2)[C@@H]1c1cccc(OC)c1. The third-order valence-corrected chi connectivity index (χ3v) is 5.91. The van der Waals surface area contributed by atoms with Crippen molar-refractivity contribution in [3.63, 3.8) is 0 Å². The molecule has 0 fully saturated rings. The summed E-state index contributed by atoms with van der Waals surface area (Å²) >= 11 is 0. The van der Waals surface area contributed by atoms with Gasteiger partial charge in [-0.3, -0.25) is 9.59 Å². The summed E-state index contributed by atoms with van der Waals surface area (Å²) in [5.41, 5.74) is 2.72. The van der Waals surface area contributed by atoms with E-state index in [1.54, 1.807) is 32.2 Å². The first-order valence-electron chi connectivity index (χ1n) is 10.5. The molecule has 3 rings (SSSR count). The molecule has 1 aromatic carbocycles. The van der Waals surface area contributed by atoms with Crippen molar-refractivity contribution in [3.05, 3.63) is 52.4 Å². The Morgan fingerprint density at radius 1 is 1.16 bits per heavy atom. The lowest BCUT2D eigenvalue weighted by atomic mass is 9.69. The highest BCUT2D eigenvalue weighted by molar-refractivity contribution is 6.12. The third kappa shape index (κ3) is 4.41. The van der Waals surface area contributed by atoms with Crippen LogP contribution < -0.4 is 10.1 Å². The fraction of sp³-hybridized carbons (Fsp3) is 0.458. The smallest absolute Gasteiger partial charge is 0.336 e. The van der Waals surface area contributed by atoms with Gasteiger partial charge in [-0.15, -0.1) is 0 Å². The molecule has 0 saturated carbocycles. The van der Waals surface area contributed by atoms with Crippen molar-refractivity contribution in [2.45, 2.75) is 26.2 Å². The topological polar surface area (TPSA) is 100 Å². The molecule has 2 aliphatic rings. The summed E-state index contributed by atoms with van der Waals surface area (Å²) < 4.78 is 20.7. The number of benzene rings is 1. The first-order chi connectivity index (χ1) is 15.3. The van der Waals surface area contributed by atoms with Gasteiger partial charge in [0.25, 0.3) is 0 Å². The summed E-state index contributed by atoms with van der Waals surface area (Å²) in [4.78, 5) is 39.2. The normalized spacial score (nSPS) is 22.8. The largest absolute Gasteiger partial charge is 0.497 e. The Kier molecular flexibility index (Phi) is 7.35. The van der Waals surface area contributed by atoms with Crippen LogP contribution >= 0.6 is 0 Å². The minimum Gasteiger partial charge on any atom is -0.497 e. The second-order valence-corrected chi connectivity index (χ2v) is 7.94. The van der Waals surface area contributed by atoms with Crippen LogP contribution in [0.25, 0.3) is 0 Å². The van der Waals surface area contributed by atoms with Crippen LogP contribution in [0, 0.1) is 11.8 Å². The lowest BCUT2D eigenvalue weighted by molar-refractivity contribution is -0.151. The molecule has 8 nitrogen and oxygen atoms in total. The molecule has 0 radical (unpaired) electrons. The maximum Gasteiger partial charge on any atom is 0.336 e. The zero-order chi connectivity index (χ0) is 23.4. The molecule has 172 valence electrons. The average Bonchev–Trinajstić information content (AvgIpc) is 2.77. The Hall–Kier alpha value is -3.13. The molecule has 0 unspecified atom stereocenters. The van der Waals surface area contributed by atoms with E-state index in [2.05, 4.69) is 5.32 Å². The van der Waals surface area contributed by atoms with Crippen molar-refractivity contribution in [3.8, 4) is 5.75 Å². The summed E-state index contributed by atoms with van der Waals surface area (Å²) in [6, 6.07) is 7.20. The molecular formula is C24H29NO7. The van der Waals surface area contributed by atoms with E-state index in [1.165, 1.54) is 14.2 Å². The van der Waals surface area contributed by atoms with E-state index in [1.807, 2.05) is 13.0 Å². The fourth-order valence-corrected chi connectivity index (χ4v) is 4.40. The molecule has 0 saturated heterocycles. The lowest BCUT2D eigenvalue weighted by Gasteiger charge is -2.38. The quantitative estimate of drug-likeness (QED) is 0.390. The van der Waals surface area contributed by atoms with Crippen LogP contribution in [0.4, 0.5) is 0 Å². The molecule has 0 aromatic heterocycles. The van der Waals surface area contributed by atoms with Crippen molar-refractivity contribution in [1.29, 1.82) is 0 Å². The van der Waals surface area contributed by atoms with E-state index in [-0.39, 0.29) is 24.9 Å². The molecule has 32 heavy (non-hydrogen) atoms. The summed E-state index contributed by atoms with van der Waals surface area (Å²) in [5.74, 6) is -2.76. The first kappa shape index (κ1) is 23.5. The highest BCUT2D eigenvalue weighted by Crippen LogP contribution is 2.45. The molecule has 1 heterocycles. The molecule has 1 N–H and O–H groups in total. The predicted octanol–water partition coefficient (Wildman–Crippen LogP) is 2.50. The van der Waals surface area contributed by atoms with Crippen LogP contribution in [0.3, 0.4) is 0 Å². The molecule has 0 spiro atoms. The van der Waals surface area contributed by atoms with Gasteiger partial charge in [0.2, 0.25) is 0 Å². The maximum atomic E-state index is 13.6. The molecule has 0 amide bonds. The average molecular weight is 443 g/mol.